The van der Waals surface area contributed by atoms with E-state index in [1.807, 2.05) is 17.7 Å². The van der Waals surface area contributed by atoms with E-state index in [4.69, 9.17) is 5.73 Å². The van der Waals surface area contributed by atoms with Crippen molar-refractivity contribution in [1.29, 1.82) is 0 Å². The molecule has 1 aliphatic carbocycles. The van der Waals surface area contributed by atoms with Gasteiger partial charge in [-0.1, -0.05) is 25.3 Å². The second kappa shape index (κ2) is 4.93. The molecule has 1 aliphatic rings. The molecule has 102 valence electrons. The van der Waals surface area contributed by atoms with Crippen LogP contribution in [0.3, 0.4) is 0 Å². The predicted octanol–water partition coefficient (Wildman–Crippen LogP) is 3.09. The van der Waals surface area contributed by atoms with Crippen LogP contribution in [0.2, 0.25) is 0 Å². The average molecular weight is 261 g/mol. The standard InChI is InChI=1S/C15H20FN3/c1-19-13-9-5-7-11(16)14(13)18-15(19)10-6-3-2-4-8-12(10)17/h5,7,9-10,12H,2-4,6,8,17H2,1H3. The Labute approximate surface area is 112 Å². The molecule has 1 aromatic carbocycles. The highest BCUT2D eigenvalue weighted by molar-refractivity contribution is 5.76. The molecule has 0 bridgehead atoms. The number of nitrogens with two attached hydrogens (primary N) is 1. The zero-order chi connectivity index (χ0) is 13.4. The van der Waals surface area contributed by atoms with Crippen molar-refractivity contribution in [1.82, 2.24) is 9.55 Å². The molecule has 0 saturated heterocycles. The van der Waals surface area contributed by atoms with Crippen molar-refractivity contribution in [3.05, 3.63) is 29.8 Å². The maximum absolute atomic E-state index is 13.8. The molecule has 0 spiro atoms. The molecule has 1 aromatic heterocycles. The van der Waals surface area contributed by atoms with Crippen molar-refractivity contribution in [2.45, 2.75) is 44.1 Å². The Morgan fingerprint density at radius 2 is 2.05 bits per heavy atom. The van der Waals surface area contributed by atoms with Crippen molar-refractivity contribution in [2.75, 3.05) is 0 Å². The fourth-order valence-electron chi connectivity index (χ4n) is 3.19. The van der Waals surface area contributed by atoms with E-state index in [0.717, 1.165) is 24.2 Å². The number of halogens is 1. The molecule has 1 fully saturated rings. The van der Waals surface area contributed by atoms with Crippen LogP contribution in [0.15, 0.2) is 18.2 Å². The fourth-order valence-corrected chi connectivity index (χ4v) is 3.19. The van der Waals surface area contributed by atoms with E-state index in [2.05, 4.69) is 4.98 Å². The lowest BCUT2D eigenvalue weighted by Gasteiger charge is -2.20. The number of hydrogen-bond donors (Lipinski definition) is 1. The van der Waals surface area contributed by atoms with E-state index in [-0.39, 0.29) is 17.8 Å². The van der Waals surface area contributed by atoms with Gasteiger partial charge in [0.25, 0.3) is 0 Å². The van der Waals surface area contributed by atoms with Crippen molar-refractivity contribution in [2.24, 2.45) is 12.8 Å². The summed E-state index contributed by atoms with van der Waals surface area (Å²) in [5.41, 5.74) is 7.61. The highest BCUT2D eigenvalue weighted by Gasteiger charge is 2.26. The predicted molar refractivity (Wildman–Crippen MR) is 74.5 cm³/mol. The van der Waals surface area contributed by atoms with Crippen LogP contribution in [0, 0.1) is 5.82 Å². The molecule has 2 unspecified atom stereocenters. The average Bonchev–Trinajstić information content (AvgIpc) is 2.59. The molecule has 2 aromatic rings. The van der Waals surface area contributed by atoms with E-state index in [0.29, 0.717) is 5.52 Å². The number of aromatic nitrogens is 2. The van der Waals surface area contributed by atoms with Crippen LogP contribution in [0.5, 0.6) is 0 Å². The number of nitrogens with zero attached hydrogens (tertiary/aromatic N) is 2. The molecule has 19 heavy (non-hydrogen) atoms. The lowest BCUT2D eigenvalue weighted by Crippen LogP contribution is -2.29. The van der Waals surface area contributed by atoms with Gasteiger partial charge in [-0.3, -0.25) is 0 Å². The fraction of sp³-hybridized carbons (Fsp3) is 0.533. The lowest BCUT2D eigenvalue weighted by atomic mass is 9.94. The molecule has 3 rings (SSSR count). The normalized spacial score (nSPS) is 24.6. The summed E-state index contributed by atoms with van der Waals surface area (Å²) in [4.78, 5) is 4.54. The summed E-state index contributed by atoms with van der Waals surface area (Å²) in [7, 11) is 1.96. The topological polar surface area (TPSA) is 43.8 Å². The molecule has 0 aliphatic heterocycles. The van der Waals surface area contributed by atoms with Gasteiger partial charge in [0.1, 0.15) is 11.3 Å². The van der Waals surface area contributed by atoms with Crippen LogP contribution in [-0.4, -0.2) is 15.6 Å². The summed E-state index contributed by atoms with van der Waals surface area (Å²) >= 11 is 0. The van der Waals surface area contributed by atoms with Crippen LogP contribution < -0.4 is 5.73 Å². The maximum Gasteiger partial charge on any atom is 0.151 e. The minimum atomic E-state index is -0.249. The van der Waals surface area contributed by atoms with Crippen LogP contribution in [0.4, 0.5) is 4.39 Å². The van der Waals surface area contributed by atoms with E-state index in [1.165, 1.54) is 25.3 Å². The number of fused-ring (bicyclic) bond motifs is 1. The first-order valence-corrected chi connectivity index (χ1v) is 7.05. The number of benzene rings is 1. The summed E-state index contributed by atoms with van der Waals surface area (Å²) in [6, 6.07) is 5.25. The van der Waals surface area contributed by atoms with Gasteiger partial charge < -0.3 is 10.3 Å². The summed E-state index contributed by atoms with van der Waals surface area (Å²) in [6.45, 7) is 0. The largest absolute Gasteiger partial charge is 0.331 e. The third-order valence-electron chi connectivity index (χ3n) is 4.30. The molecule has 2 atom stereocenters. The van der Waals surface area contributed by atoms with Crippen LogP contribution in [0.25, 0.3) is 11.0 Å². The highest BCUT2D eigenvalue weighted by atomic mass is 19.1. The number of imidazole rings is 1. The Hall–Kier alpha value is -1.42. The second-order valence-corrected chi connectivity index (χ2v) is 5.54. The van der Waals surface area contributed by atoms with Gasteiger partial charge in [0.05, 0.1) is 5.52 Å². The summed E-state index contributed by atoms with van der Waals surface area (Å²) < 4.78 is 15.8. The van der Waals surface area contributed by atoms with Crippen molar-refractivity contribution in [3.8, 4) is 0 Å². The van der Waals surface area contributed by atoms with E-state index in [1.54, 1.807) is 6.07 Å². The quantitative estimate of drug-likeness (QED) is 0.802. The minimum Gasteiger partial charge on any atom is -0.331 e. The number of rotatable bonds is 1. The van der Waals surface area contributed by atoms with E-state index < -0.39 is 0 Å². The van der Waals surface area contributed by atoms with Crippen molar-refractivity contribution < 1.29 is 4.39 Å². The Morgan fingerprint density at radius 3 is 2.84 bits per heavy atom. The molecule has 1 heterocycles. The Kier molecular flexibility index (Phi) is 3.27. The van der Waals surface area contributed by atoms with Crippen LogP contribution in [0.1, 0.15) is 43.8 Å². The Bertz CT molecular complexity index is 590. The maximum atomic E-state index is 13.8. The number of aryl methyl sites for hydroxylation is 1. The molecular formula is C15H20FN3. The number of hydrogen-bond acceptors (Lipinski definition) is 2. The molecule has 2 N–H and O–H groups in total. The van der Waals surface area contributed by atoms with Gasteiger partial charge in [-0.15, -0.1) is 0 Å². The zero-order valence-corrected chi connectivity index (χ0v) is 11.3. The first-order chi connectivity index (χ1) is 9.18. The van der Waals surface area contributed by atoms with Gasteiger partial charge in [-0.05, 0) is 25.0 Å². The Balaban J connectivity index is 2.09. The third kappa shape index (κ3) is 2.14. The molecule has 0 radical (unpaired) electrons. The highest BCUT2D eigenvalue weighted by Crippen LogP contribution is 2.32. The third-order valence-corrected chi connectivity index (χ3v) is 4.30. The van der Waals surface area contributed by atoms with Gasteiger partial charge >= 0.3 is 0 Å². The smallest absolute Gasteiger partial charge is 0.151 e. The van der Waals surface area contributed by atoms with Crippen LogP contribution in [-0.2, 0) is 7.05 Å². The van der Waals surface area contributed by atoms with Gasteiger partial charge in [-0.25, -0.2) is 9.37 Å². The van der Waals surface area contributed by atoms with Crippen molar-refractivity contribution in [3.63, 3.8) is 0 Å². The van der Waals surface area contributed by atoms with E-state index >= 15 is 0 Å². The summed E-state index contributed by atoms with van der Waals surface area (Å²) in [5.74, 6) is 0.940. The summed E-state index contributed by atoms with van der Waals surface area (Å²) in [5, 5.41) is 0. The first kappa shape index (κ1) is 12.6. The second-order valence-electron chi connectivity index (χ2n) is 5.54. The monoisotopic (exact) mass is 261 g/mol. The van der Waals surface area contributed by atoms with Crippen LogP contribution >= 0.6 is 0 Å². The van der Waals surface area contributed by atoms with Gasteiger partial charge in [0.2, 0.25) is 0 Å². The Morgan fingerprint density at radius 1 is 1.26 bits per heavy atom. The van der Waals surface area contributed by atoms with Gasteiger partial charge in [-0.2, -0.15) is 0 Å². The molecule has 3 nitrogen and oxygen atoms in total. The van der Waals surface area contributed by atoms with E-state index in [9.17, 15) is 4.39 Å². The molecule has 4 heteroatoms. The molecule has 0 amide bonds. The zero-order valence-electron chi connectivity index (χ0n) is 11.3. The molecular weight excluding hydrogens is 241 g/mol. The lowest BCUT2D eigenvalue weighted by molar-refractivity contribution is 0.474. The first-order valence-electron chi connectivity index (χ1n) is 7.05. The minimum absolute atomic E-state index is 0.140. The van der Waals surface area contributed by atoms with Crippen molar-refractivity contribution >= 4 is 11.0 Å². The SMILES string of the molecule is Cn1c(C2CCCCCC2N)nc2c(F)cccc21. The van der Waals surface area contributed by atoms with Gasteiger partial charge in [0.15, 0.2) is 5.82 Å². The molecule has 1 saturated carbocycles. The number of para-hydroxylation sites is 1. The summed E-state index contributed by atoms with van der Waals surface area (Å²) in [6.07, 6.45) is 5.71. The van der Waals surface area contributed by atoms with Gasteiger partial charge in [0, 0.05) is 19.0 Å².